The third-order valence-corrected chi connectivity index (χ3v) is 5.84. The van der Waals surface area contributed by atoms with Crippen LogP contribution in [0, 0.1) is 6.92 Å². The van der Waals surface area contributed by atoms with Gasteiger partial charge in [0.25, 0.3) is 0 Å². The predicted molar refractivity (Wildman–Crippen MR) is 140 cm³/mol. The summed E-state index contributed by atoms with van der Waals surface area (Å²) in [6.45, 7) is 3.30. The van der Waals surface area contributed by atoms with E-state index in [0.717, 1.165) is 0 Å². The molecular weight excluding hydrogens is 598 g/mol. The number of carboxylic acid groups (broad SMARTS) is 2. The highest BCUT2D eigenvalue weighted by Crippen LogP contribution is 2.39. The van der Waals surface area contributed by atoms with Crippen molar-refractivity contribution in [3.8, 4) is 11.3 Å². The first kappa shape index (κ1) is 31.9. The summed E-state index contributed by atoms with van der Waals surface area (Å²) in [4.78, 5) is 37.4. The molecular formula is C27H19ClF6N2O6. The zero-order valence-electron chi connectivity index (χ0n) is 21.4. The summed E-state index contributed by atoms with van der Waals surface area (Å²) in [7, 11) is 0. The molecule has 0 fully saturated rings. The van der Waals surface area contributed by atoms with Gasteiger partial charge in [-0.3, -0.25) is 4.79 Å². The Kier molecular flexibility index (Phi) is 9.20. The number of anilines is 1. The van der Waals surface area contributed by atoms with Crippen LogP contribution < -0.4 is 10.7 Å². The molecule has 4 rings (SSSR count). The van der Waals surface area contributed by atoms with Crippen molar-refractivity contribution >= 4 is 40.2 Å². The molecule has 15 heteroatoms. The first-order chi connectivity index (χ1) is 19.4. The molecule has 0 saturated carbocycles. The number of pyridine rings is 1. The molecule has 222 valence electrons. The Bertz CT molecular complexity index is 1700. The Morgan fingerprint density at radius 3 is 2.12 bits per heavy atom. The first-order valence-corrected chi connectivity index (χ1v) is 12.0. The van der Waals surface area contributed by atoms with E-state index in [1.807, 2.05) is 0 Å². The topological polar surface area (TPSA) is 130 Å². The number of hydrogen-bond donors (Lipinski definition) is 3. The number of rotatable bonds is 5. The minimum absolute atomic E-state index is 0.0141. The van der Waals surface area contributed by atoms with Crippen molar-refractivity contribution in [2.75, 3.05) is 5.32 Å². The fourth-order valence-electron chi connectivity index (χ4n) is 3.87. The monoisotopic (exact) mass is 616 g/mol. The Labute approximate surface area is 237 Å². The van der Waals surface area contributed by atoms with E-state index in [9.17, 15) is 41.0 Å². The van der Waals surface area contributed by atoms with E-state index in [0.29, 0.717) is 11.1 Å². The van der Waals surface area contributed by atoms with E-state index in [2.05, 4.69) is 10.3 Å². The van der Waals surface area contributed by atoms with Gasteiger partial charge in [0.15, 0.2) is 11.5 Å². The third kappa shape index (κ3) is 7.18. The maximum Gasteiger partial charge on any atom is 0.490 e. The lowest BCUT2D eigenvalue weighted by Crippen LogP contribution is -2.22. The van der Waals surface area contributed by atoms with Crippen LogP contribution in [0.2, 0.25) is 5.15 Å². The number of aromatic nitrogens is 1. The molecule has 2 aromatic carbocycles. The molecule has 2 aromatic heterocycles. The van der Waals surface area contributed by atoms with Gasteiger partial charge in [-0.05, 0) is 37.6 Å². The molecule has 0 saturated heterocycles. The van der Waals surface area contributed by atoms with Crippen LogP contribution in [-0.4, -0.2) is 33.3 Å². The summed E-state index contributed by atoms with van der Waals surface area (Å²) < 4.78 is 79.5. The van der Waals surface area contributed by atoms with E-state index < -0.39 is 47.1 Å². The fraction of sp³-hybridized carbons (Fsp3) is 0.185. The summed E-state index contributed by atoms with van der Waals surface area (Å²) in [5.74, 6) is -4.66. The van der Waals surface area contributed by atoms with Crippen LogP contribution in [0.15, 0.2) is 63.8 Å². The zero-order chi connectivity index (χ0) is 31.6. The average Bonchev–Trinajstić information content (AvgIpc) is 2.89. The minimum atomic E-state index is -5.08. The van der Waals surface area contributed by atoms with E-state index >= 15 is 0 Å². The molecule has 0 spiro atoms. The number of carboxylic acids is 2. The molecule has 1 atom stereocenters. The summed E-state index contributed by atoms with van der Waals surface area (Å²) in [6, 6.07) is 12.7. The maximum atomic E-state index is 14.0. The van der Waals surface area contributed by atoms with E-state index in [1.165, 1.54) is 30.3 Å². The van der Waals surface area contributed by atoms with Gasteiger partial charge < -0.3 is 19.9 Å². The number of hydrogen-bond acceptors (Lipinski definition) is 6. The lowest BCUT2D eigenvalue weighted by atomic mass is 9.98. The van der Waals surface area contributed by atoms with Gasteiger partial charge >= 0.3 is 24.3 Å². The van der Waals surface area contributed by atoms with Crippen LogP contribution in [0.4, 0.5) is 32.0 Å². The van der Waals surface area contributed by atoms with Crippen LogP contribution in [-0.2, 0) is 11.0 Å². The SMILES string of the molecule is Cc1cc(C(C)Nc2ccc(Cl)nc2C(=O)O)c2oc(-c3ccccc3)c(C(F)(F)F)c(=O)c2c1.O=C(O)C(F)(F)F. The molecule has 0 aliphatic carbocycles. The lowest BCUT2D eigenvalue weighted by Gasteiger charge is -2.20. The number of halogens is 7. The molecule has 0 aliphatic heterocycles. The van der Waals surface area contributed by atoms with Crippen LogP contribution in [0.1, 0.15) is 40.1 Å². The molecule has 0 aliphatic rings. The number of aromatic carboxylic acids is 1. The molecule has 0 amide bonds. The second-order valence-corrected chi connectivity index (χ2v) is 9.12. The van der Waals surface area contributed by atoms with E-state index in [1.54, 1.807) is 38.1 Å². The van der Waals surface area contributed by atoms with Gasteiger partial charge in [0.1, 0.15) is 16.3 Å². The highest BCUT2D eigenvalue weighted by molar-refractivity contribution is 6.29. The summed E-state index contributed by atoms with van der Waals surface area (Å²) in [5.41, 5.74) is -1.81. The van der Waals surface area contributed by atoms with Crippen LogP contribution in [0.5, 0.6) is 0 Å². The van der Waals surface area contributed by atoms with Crippen LogP contribution >= 0.6 is 11.6 Å². The molecule has 3 N–H and O–H groups in total. The quantitative estimate of drug-likeness (QED) is 0.157. The van der Waals surface area contributed by atoms with Crippen molar-refractivity contribution < 1.29 is 50.6 Å². The van der Waals surface area contributed by atoms with Gasteiger partial charge in [-0.15, -0.1) is 0 Å². The summed E-state index contributed by atoms with van der Waals surface area (Å²) >= 11 is 5.81. The maximum absolute atomic E-state index is 14.0. The fourth-order valence-corrected chi connectivity index (χ4v) is 4.02. The highest BCUT2D eigenvalue weighted by atomic mass is 35.5. The van der Waals surface area contributed by atoms with E-state index in [-0.39, 0.29) is 33.1 Å². The molecule has 4 aromatic rings. The second kappa shape index (κ2) is 12.1. The standard InChI is InChI=1S/C25H18ClF3N2O4.C2HF3O2/c1-12-10-15(13(2)30-17-8-9-18(26)31-20(17)24(33)34)23-16(11-12)21(32)19(25(27,28)29)22(35-23)14-6-4-3-5-7-14;3-2(4,5)1(6)7/h3-11,13,30H,1-2H3,(H,33,34);(H,6,7). The Balaban J connectivity index is 0.000000616. The Hall–Kier alpha value is -4.59. The number of benzene rings is 2. The smallest absolute Gasteiger partial charge is 0.476 e. The van der Waals surface area contributed by atoms with Gasteiger partial charge in [0, 0.05) is 11.1 Å². The average molecular weight is 617 g/mol. The summed E-state index contributed by atoms with van der Waals surface area (Å²) in [5, 5.41) is 19.3. The number of fused-ring (bicyclic) bond motifs is 1. The molecule has 8 nitrogen and oxygen atoms in total. The normalized spacial score (nSPS) is 12.3. The van der Waals surface area contributed by atoms with Gasteiger partial charge in [-0.2, -0.15) is 26.3 Å². The largest absolute Gasteiger partial charge is 0.490 e. The van der Waals surface area contributed by atoms with Gasteiger partial charge in [0.05, 0.1) is 17.1 Å². The van der Waals surface area contributed by atoms with Gasteiger partial charge in [0.2, 0.25) is 5.43 Å². The van der Waals surface area contributed by atoms with Crippen molar-refractivity contribution in [3.63, 3.8) is 0 Å². The Morgan fingerprint density at radius 2 is 1.60 bits per heavy atom. The van der Waals surface area contributed by atoms with E-state index in [4.69, 9.17) is 25.9 Å². The van der Waals surface area contributed by atoms with Crippen molar-refractivity contribution in [1.82, 2.24) is 4.98 Å². The van der Waals surface area contributed by atoms with Crippen molar-refractivity contribution in [2.45, 2.75) is 32.2 Å². The van der Waals surface area contributed by atoms with Crippen molar-refractivity contribution in [2.24, 2.45) is 0 Å². The number of aryl methyl sites for hydroxylation is 1. The number of alkyl halides is 6. The first-order valence-electron chi connectivity index (χ1n) is 11.6. The minimum Gasteiger partial charge on any atom is -0.476 e. The molecule has 1 unspecified atom stereocenters. The summed E-state index contributed by atoms with van der Waals surface area (Å²) in [6.07, 6.45) is -10.0. The molecule has 2 heterocycles. The Morgan fingerprint density at radius 1 is 1.00 bits per heavy atom. The number of nitrogens with zero attached hydrogens (tertiary/aromatic N) is 1. The number of nitrogens with one attached hydrogen (secondary N) is 1. The number of carbonyl (C=O) groups is 2. The van der Waals surface area contributed by atoms with Gasteiger partial charge in [-0.25, -0.2) is 14.6 Å². The zero-order valence-corrected chi connectivity index (χ0v) is 22.1. The van der Waals surface area contributed by atoms with Crippen LogP contribution in [0.25, 0.3) is 22.3 Å². The highest BCUT2D eigenvalue weighted by Gasteiger charge is 2.40. The van der Waals surface area contributed by atoms with Gasteiger partial charge in [-0.1, -0.05) is 48.0 Å². The molecule has 42 heavy (non-hydrogen) atoms. The predicted octanol–water partition coefficient (Wildman–Crippen LogP) is 7.34. The molecule has 0 radical (unpaired) electrons. The lowest BCUT2D eigenvalue weighted by molar-refractivity contribution is -0.192. The van der Waals surface area contributed by atoms with Crippen molar-refractivity contribution in [3.05, 3.63) is 92.4 Å². The third-order valence-electron chi connectivity index (χ3n) is 5.63. The van der Waals surface area contributed by atoms with Crippen LogP contribution in [0.3, 0.4) is 0 Å². The number of aliphatic carboxylic acids is 1. The van der Waals surface area contributed by atoms with Crippen molar-refractivity contribution in [1.29, 1.82) is 0 Å². The second-order valence-electron chi connectivity index (χ2n) is 8.73. The molecule has 0 bridgehead atoms.